The van der Waals surface area contributed by atoms with Gasteiger partial charge in [-0.2, -0.15) is 0 Å². The summed E-state index contributed by atoms with van der Waals surface area (Å²) in [6.07, 6.45) is 3.92. The van der Waals surface area contributed by atoms with Crippen LogP contribution in [0.15, 0.2) is 36.5 Å². The fourth-order valence-corrected chi connectivity index (χ4v) is 1.89. The van der Waals surface area contributed by atoms with Crippen molar-refractivity contribution in [3.63, 3.8) is 0 Å². The summed E-state index contributed by atoms with van der Waals surface area (Å²) in [5.74, 6) is 0. The first-order valence-corrected chi connectivity index (χ1v) is 5.42. The number of benzene rings is 1. The zero-order chi connectivity index (χ0) is 10.7. The van der Waals surface area contributed by atoms with Gasteiger partial charge in [-0.05, 0) is 17.9 Å². The summed E-state index contributed by atoms with van der Waals surface area (Å²) in [4.78, 5) is 4.40. The number of fused-ring (bicyclic) bond motifs is 1. The van der Waals surface area contributed by atoms with E-state index in [1.54, 1.807) is 0 Å². The van der Waals surface area contributed by atoms with Crippen LogP contribution in [-0.2, 0) is 0 Å². The number of nitrogens with zero attached hydrogens (tertiary/aromatic N) is 1. The number of hydrogen-bond donors (Lipinski definition) is 1. The second kappa shape index (κ2) is 4.41. The number of nitrogens with two attached hydrogens (primary N) is 1. The largest absolute Gasteiger partial charge is 0.323 e. The number of aromatic nitrogens is 1. The Hall–Kier alpha value is -1.41. The molecule has 1 heterocycles. The Morgan fingerprint density at radius 3 is 2.87 bits per heavy atom. The Kier molecular flexibility index (Phi) is 2.97. The van der Waals surface area contributed by atoms with Crippen molar-refractivity contribution in [2.75, 3.05) is 0 Å². The van der Waals surface area contributed by atoms with Crippen molar-refractivity contribution in [3.05, 3.63) is 42.2 Å². The van der Waals surface area contributed by atoms with Crippen molar-refractivity contribution in [2.24, 2.45) is 5.73 Å². The van der Waals surface area contributed by atoms with Gasteiger partial charge in [0.2, 0.25) is 0 Å². The minimum Gasteiger partial charge on any atom is -0.323 e. The Bertz CT molecular complexity index is 446. The average Bonchev–Trinajstić information content (AvgIpc) is 2.28. The maximum Gasteiger partial charge on any atom is 0.0649 e. The first-order valence-electron chi connectivity index (χ1n) is 5.42. The van der Waals surface area contributed by atoms with E-state index in [0.29, 0.717) is 0 Å². The van der Waals surface area contributed by atoms with Gasteiger partial charge in [0.25, 0.3) is 0 Å². The molecular formula is C13H16N2. The van der Waals surface area contributed by atoms with E-state index in [0.717, 1.165) is 18.5 Å². The maximum absolute atomic E-state index is 6.11. The summed E-state index contributed by atoms with van der Waals surface area (Å²) in [6, 6.07) is 10.3. The van der Waals surface area contributed by atoms with E-state index in [2.05, 4.69) is 24.0 Å². The Labute approximate surface area is 90.1 Å². The Morgan fingerprint density at radius 1 is 1.27 bits per heavy atom. The highest BCUT2D eigenvalue weighted by molar-refractivity contribution is 5.84. The van der Waals surface area contributed by atoms with Crippen molar-refractivity contribution >= 4 is 10.8 Å². The van der Waals surface area contributed by atoms with Crippen LogP contribution in [0.25, 0.3) is 10.8 Å². The van der Waals surface area contributed by atoms with Crippen LogP contribution < -0.4 is 5.73 Å². The zero-order valence-corrected chi connectivity index (χ0v) is 8.98. The molecule has 2 nitrogen and oxygen atoms in total. The molecule has 0 amide bonds. The van der Waals surface area contributed by atoms with Gasteiger partial charge in [0.1, 0.15) is 0 Å². The van der Waals surface area contributed by atoms with Crippen LogP contribution in [0.4, 0.5) is 0 Å². The quantitative estimate of drug-likeness (QED) is 0.827. The Balaban J connectivity index is 2.50. The van der Waals surface area contributed by atoms with E-state index in [1.807, 2.05) is 24.4 Å². The predicted octanol–water partition coefficient (Wildman–Crippen LogP) is 3.03. The number of rotatable bonds is 3. The molecular weight excluding hydrogens is 184 g/mol. The molecule has 78 valence electrons. The SMILES string of the molecule is CCC[C@H](N)c1nccc2ccccc12. The van der Waals surface area contributed by atoms with Crippen LogP contribution in [0.3, 0.4) is 0 Å². The topological polar surface area (TPSA) is 38.9 Å². The third-order valence-electron chi connectivity index (χ3n) is 2.66. The van der Waals surface area contributed by atoms with Crippen molar-refractivity contribution in [3.8, 4) is 0 Å². The summed E-state index contributed by atoms with van der Waals surface area (Å²) in [6.45, 7) is 2.14. The lowest BCUT2D eigenvalue weighted by molar-refractivity contribution is 0.627. The predicted molar refractivity (Wildman–Crippen MR) is 63.6 cm³/mol. The van der Waals surface area contributed by atoms with Gasteiger partial charge < -0.3 is 5.73 Å². The number of hydrogen-bond acceptors (Lipinski definition) is 2. The van der Waals surface area contributed by atoms with Crippen LogP contribution in [0.2, 0.25) is 0 Å². The lowest BCUT2D eigenvalue weighted by atomic mass is 10.0. The number of pyridine rings is 1. The molecule has 0 bridgehead atoms. The van der Waals surface area contributed by atoms with Crippen molar-refractivity contribution in [1.82, 2.24) is 4.98 Å². The summed E-state index contributed by atoms with van der Waals surface area (Å²) < 4.78 is 0. The van der Waals surface area contributed by atoms with Gasteiger partial charge >= 0.3 is 0 Å². The molecule has 0 aliphatic rings. The van der Waals surface area contributed by atoms with Crippen molar-refractivity contribution in [2.45, 2.75) is 25.8 Å². The molecule has 0 aliphatic carbocycles. The molecule has 2 aromatic rings. The van der Waals surface area contributed by atoms with E-state index in [4.69, 9.17) is 5.73 Å². The van der Waals surface area contributed by atoms with E-state index in [-0.39, 0.29) is 6.04 Å². The molecule has 0 radical (unpaired) electrons. The average molecular weight is 200 g/mol. The molecule has 2 heteroatoms. The Morgan fingerprint density at radius 2 is 2.07 bits per heavy atom. The molecule has 1 atom stereocenters. The van der Waals surface area contributed by atoms with Crippen LogP contribution in [0.5, 0.6) is 0 Å². The third kappa shape index (κ3) is 2.00. The van der Waals surface area contributed by atoms with Gasteiger partial charge in [-0.1, -0.05) is 37.6 Å². The highest BCUT2D eigenvalue weighted by Gasteiger charge is 2.09. The molecule has 0 spiro atoms. The molecule has 15 heavy (non-hydrogen) atoms. The van der Waals surface area contributed by atoms with Gasteiger partial charge in [0, 0.05) is 17.6 Å². The van der Waals surface area contributed by atoms with Crippen LogP contribution >= 0.6 is 0 Å². The second-order valence-electron chi connectivity index (χ2n) is 3.81. The van der Waals surface area contributed by atoms with E-state index >= 15 is 0 Å². The minimum atomic E-state index is 0.0566. The fraction of sp³-hybridized carbons (Fsp3) is 0.308. The van der Waals surface area contributed by atoms with Crippen molar-refractivity contribution in [1.29, 1.82) is 0 Å². The highest BCUT2D eigenvalue weighted by Crippen LogP contribution is 2.22. The first kappa shape index (κ1) is 10.1. The molecule has 2 N–H and O–H groups in total. The normalized spacial score (nSPS) is 12.9. The molecule has 0 saturated heterocycles. The third-order valence-corrected chi connectivity index (χ3v) is 2.66. The van der Waals surface area contributed by atoms with Crippen molar-refractivity contribution < 1.29 is 0 Å². The van der Waals surface area contributed by atoms with Gasteiger partial charge in [-0.15, -0.1) is 0 Å². The molecule has 1 aromatic carbocycles. The molecule has 0 saturated carbocycles. The van der Waals surface area contributed by atoms with Crippen LogP contribution in [-0.4, -0.2) is 4.98 Å². The zero-order valence-electron chi connectivity index (χ0n) is 8.98. The summed E-state index contributed by atoms with van der Waals surface area (Å²) >= 11 is 0. The van der Waals surface area contributed by atoms with E-state index in [1.165, 1.54) is 10.8 Å². The monoisotopic (exact) mass is 200 g/mol. The summed E-state index contributed by atoms with van der Waals surface area (Å²) in [7, 11) is 0. The van der Waals surface area contributed by atoms with E-state index in [9.17, 15) is 0 Å². The summed E-state index contributed by atoms with van der Waals surface area (Å²) in [5, 5.41) is 2.40. The lowest BCUT2D eigenvalue weighted by Crippen LogP contribution is -2.11. The molecule has 2 rings (SSSR count). The van der Waals surface area contributed by atoms with Crippen LogP contribution in [0.1, 0.15) is 31.5 Å². The minimum absolute atomic E-state index is 0.0566. The molecule has 0 fully saturated rings. The highest BCUT2D eigenvalue weighted by atomic mass is 14.8. The molecule has 1 aromatic heterocycles. The molecule has 0 aliphatic heterocycles. The standard InChI is InChI=1S/C13H16N2/c1-2-5-12(14)13-11-7-4-3-6-10(11)8-9-15-13/h3-4,6-9,12H,2,5,14H2,1H3/t12-/m0/s1. The van der Waals surface area contributed by atoms with Gasteiger partial charge in [-0.25, -0.2) is 0 Å². The summed E-state index contributed by atoms with van der Waals surface area (Å²) in [5.41, 5.74) is 7.13. The van der Waals surface area contributed by atoms with E-state index < -0.39 is 0 Å². The lowest BCUT2D eigenvalue weighted by Gasteiger charge is -2.12. The maximum atomic E-state index is 6.11. The van der Waals surface area contributed by atoms with Gasteiger partial charge in [-0.3, -0.25) is 4.98 Å². The van der Waals surface area contributed by atoms with Crippen LogP contribution in [0, 0.1) is 0 Å². The first-order chi connectivity index (χ1) is 7.33. The van der Waals surface area contributed by atoms with Gasteiger partial charge in [0.15, 0.2) is 0 Å². The van der Waals surface area contributed by atoms with Gasteiger partial charge in [0.05, 0.1) is 5.69 Å². The smallest absolute Gasteiger partial charge is 0.0649 e. The second-order valence-corrected chi connectivity index (χ2v) is 3.81. The fourth-order valence-electron chi connectivity index (χ4n) is 1.89. The molecule has 0 unspecified atom stereocenters.